The van der Waals surface area contributed by atoms with Crippen LogP contribution in [0.4, 0.5) is 0 Å². The van der Waals surface area contributed by atoms with E-state index in [0.29, 0.717) is 6.61 Å². The summed E-state index contributed by atoms with van der Waals surface area (Å²) in [4.78, 5) is 1.19. The van der Waals surface area contributed by atoms with E-state index in [9.17, 15) is 0 Å². The van der Waals surface area contributed by atoms with E-state index in [1.54, 1.807) is 11.3 Å². The molecule has 0 unspecified atom stereocenters. The summed E-state index contributed by atoms with van der Waals surface area (Å²) in [6.45, 7) is 0.324. The van der Waals surface area contributed by atoms with Crippen molar-refractivity contribution < 1.29 is 5.11 Å². The van der Waals surface area contributed by atoms with Crippen LogP contribution in [0.25, 0.3) is 0 Å². The average Bonchev–Trinajstić information content (AvgIpc) is 3.04. The van der Waals surface area contributed by atoms with Crippen molar-refractivity contribution in [1.82, 2.24) is 0 Å². The molecular weight excluding hydrogens is 308 g/mol. The highest BCUT2D eigenvalue weighted by molar-refractivity contribution is 7.99. The number of rotatable bonds is 13. The molecule has 1 aromatic heterocycles. The molecule has 0 fully saturated rings. The second kappa shape index (κ2) is 15.5. The summed E-state index contributed by atoms with van der Waals surface area (Å²) in [5.41, 5.74) is 0. The molecular formula is C19H30OS2. The zero-order chi connectivity index (χ0) is 15.7. The van der Waals surface area contributed by atoms with Gasteiger partial charge in [-0.25, -0.2) is 0 Å². The number of hydrogen-bond donors (Lipinski definition) is 1. The molecule has 22 heavy (non-hydrogen) atoms. The molecule has 0 radical (unpaired) electrons. The van der Waals surface area contributed by atoms with E-state index in [-0.39, 0.29) is 0 Å². The lowest BCUT2D eigenvalue weighted by atomic mass is 10.1. The molecule has 0 aliphatic heterocycles. The van der Waals surface area contributed by atoms with E-state index in [1.807, 2.05) is 11.8 Å². The Bertz CT molecular complexity index is 389. The Balaban J connectivity index is 1.75. The molecule has 124 valence electrons. The van der Waals surface area contributed by atoms with Crippen molar-refractivity contribution in [3.8, 4) is 11.8 Å². The van der Waals surface area contributed by atoms with E-state index in [1.165, 1.54) is 68.4 Å². The van der Waals surface area contributed by atoms with E-state index < -0.39 is 0 Å². The largest absolute Gasteiger partial charge is 0.396 e. The summed E-state index contributed by atoms with van der Waals surface area (Å²) in [7, 11) is 0. The third kappa shape index (κ3) is 12.1. The molecule has 1 aromatic rings. The monoisotopic (exact) mass is 338 g/mol. The number of aliphatic hydroxyl groups excluding tert-OH is 1. The fourth-order valence-corrected chi connectivity index (χ4v) is 3.65. The van der Waals surface area contributed by atoms with Crippen LogP contribution in [0.1, 0.15) is 69.1 Å². The van der Waals surface area contributed by atoms with Gasteiger partial charge in [0.2, 0.25) is 0 Å². The summed E-state index contributed by atoms with van der Waals surface area (Å²) in [6.07, 6.45) is 13.2. The highest BCUT2D eigenvalue weighted by Crippen LogP contribution is 2.12. The Morgan fingerprint density at radius 1 is 0.909 bits per heavy atom. The van der Waals surface area contributed by atoms with Crippen molar-refractivity contribution >= 4 is 23.1 Å². The highest BCUT2D eigenvalue weighted by Gasteiger charge is 1.93. The van der Waals surface area contributed by atoms with Gasteiger partial charge in [-0.15, -0.1) is 11.3 Å². The first-order chi connectivity index (χ1) is 10.9. The molecule has 0 spiro atoms. The molecule has 3 heteroatoms. The van der Waals surface area contributed by atoms with Crippen LogP contribution in [0.15, 0.2) is 17.5 Å². The first kappa shape index (κ1) is 19.6. The first-order valence-electron chi connectivity index (χ1n) is 8.64. The topological polar surface area (TPSA) is 20.2 Å². The zero-order valence-electron chi connectivity index (χ0n) is 13.7. The van der Waals surface area contributed by atoms with Gasteiger partial charge in [-0.1, -0.05) is 62.9 Å². The van der Waals surface area contributed by atoms with Crippen molar-refractivity contribution in [3.63, 3.8) is 0 Å². The van der Waals surface area contributed by atoms with Gasteiger partial charge >= 0.3 is 0 Å². The van der Waals surface area contributed by atoms with E-state index in [0.717, 1.165) is 12.2 Å². The van der Waals surface area contributed by atoms with Crippen molar-refractivity contribution in [2.24, 2.45) is 0 Å². The summed E-state index contributed by atoms with van der Waals surface area (Å²) in [5.74, 6) is 8.61. The van der Waals surface area contributed by atoms with Gasteiger partial charge in [-0.2, -0.15) is 11.8 Å². The van der Waals surface area contributed by atoms with Crippen LogP contribution in [0.5, 0.6) is 0 Å². The molecule has 0 atom stereocenters. The molecule has 1 N–H and O–H groups in total. The molecule has 0 bridgehead atoms. The van der Waals surface area contributed by atoms with Gasteiger partial charge in [0.05, 0.1) is 11.5 Å². The van der Waals surface area contributed by atoms with Gasteiger partial charge < -0.3 is 5.11 Å². The normalized spacial score (nSPS) is 10.4. The van der Waals surface area contributed by atoms with E-state index >= 15 is 0 Å². The van der Waals surface area contributed by atoms with Crippen LogP contribution in [-0.2, 0) is 0 Å². The summed E-state index contributed by atoms with van der Waals surface area (Å²) in [5, 5.41) is 10.8. The van der Waals surface area contributed by atoms with E-state index in [2.05, 4.69) is 29.4 Å². The number of hydrogen-bond acceptors (Lipinski definition) is 3. The Morgan fingerprint density at radius 2 is 1.59 bits per heavy atom. The van der Waals surface area contributed by atoms with Crippen LogP contribution in [0.3, 0.4) is 0 Å². The van der Waals surface area contributed by atoms with Crippen LogP contribution in [0.2, 0.25) is 0 Å². The van der Waals surface area contributed by atoms with Gasteiger partial charge in [0.1, 0.15) is 0 Å². The maximum Gasteiger partial charge on any atom is 0.0768 e. The van der Waals surface area contributed by atoms with Crippen LogP contribution >= 0.6 is 23.1 Å². The fraction of sp³-hybridized carbons (Fsp3) is 0.684. The van der Waals surface area contributed by atoms with Crippen molar-refractivity contribution in [2.75, 3.05) is 18.1 Å². The van der Waals surface area contributed by atoms with Crippen molar-refractivity contribution in [3.05, 3.63) is 22.4 Å². The lowest BCUT2D eigenvalue weighted by Crippen LogP contribution is -1.89. The van der Waals surface area contributed by atoms with Crippen LogP contribution in [-0.4, -0.2) is 23.2 Å². The first-order valence-corrected chi connectivity index (χ1v) is 10.7. The quantitative estimate of drug-likeness (QED) is 0.366. The third-order valence-electron chi connectivity index (χ3n) is 3.56. The van der Waals surface area contributed by atoms with Gasteiger partial charge in [0, 0.05) is 12.2 Å². The summed E-state index contributed by atoms with van der Waals surface area (Å²) < 4.78 is 0. The van der Waals surface area contributed by atoms with Crippen LogP contribution in [0, 0.1) is 11.8 Å². The SMILES string of the molecule is OCCSCCCCCCCCCCCC#Cc1cccs1. The van der Waals surface area contributed by atoms with Gasteiger partial charge in [0.15, 0.2) is 0 Å². The zero-order valence-corrected chi connectivity index (χ0v) is 15.3. The standard InChI is InChI=1S/C19H30OS2/c20-15-18-21-16-11-9-7-5-3-1-2-4-6-8-10-13-19-14-12-17-22-19/h12,14,17,20H,1-9,11,15-16,18H2. The molecule has 1 nitrogen and oxygen atoms in total. The predicted octanol–water partition coefficient (Wildman–Crippen LogP) is 5.73. The second-order valence-electron chi connectivity index (χ2n) is 5.55. The molecule has 1 heterocycles. The maximum absolute atomic E-state index is 8.67. The van der Waals surface area contributed by atoms with Gasteiger partial charge in [-0.05, 0) is 30.0 Å². The fourth-order valence-electron chi connectivity index (χ4n) is 2.32. The average molecular weight is 339 g/mol. The minimum atomic E-state index is 0.324. The molecule has 0 aliphatic rings. The molecule has 0 saturated heterocycles. The molecule has 1 rings (SSSR count). The second-order valence-corrected chi connectivity index (χ2v) is 7.72. The number of thioether (sulfide) groups is 1. The number of aliphatic hydroxyl groups is 1. The Kier molecular flexibility index (Phi) is 13.8. The lowest BCUT2D eigenvalue weighted by molar-refractivity contribution is 0.322. The van der Waals surface area contributed by atoms with Crippen molar-refractivity contribution in [2.45, 2.75) is 64.2 Å². The van der Waals surface area contributed by atoms with Crippen molar-refractivity contribution in [1.29, 1.82) is 0 Å². The van der Waals surface area contributed by atoms with Gasteiger partial charge in [0.25, 0.3) is 0 Å². The Hall–Kier alpha value is -0.430. The van der Waals surface area contributed by atoms with Crippen LogP contribution < -0.4 is 0 Å². The Morgan fingerprint density at radius 3 is 2.23 bits per heavy atom. The molecule has 0 amide bonds. The smallest absolute Gasteiger partial charge is 0.0768 e. The summed E-state index contributed by atoms with van der Waals surface area (Å²) >= 11 is 3.60. The minimum Gasteiger partial charge on any atom is -0.396 e. The lowest BCUT2D eigenvalue weighted by Gasteiger charge is -2.02. The summed E-state index contributed by atoms with van der Waals surface area (Å²) in [6, 6.07) is 4.14. The highest BCUT2D eigenvalue weighted by atomic mass is 32.2. The molecule has 0 aliphatic carbocycles. The molecule has 0 aromatic carbocycles. The maximum atomic E-state index is 8.67. The number of thiophene rings is 1. The van der Waals surface area contributed by atoms with Gasteiger partial charge in [-0.3, -0.25) is 0 Å². The van der Waals surface area contributed by atoms with E-state index in [4.69, 9.17) is 5.11 Å². The predicted molar refractivity (Wildman–Crippen MR) is 102 cm³/mol. The Labute approximate surface area is 144 Å². The minimum absolute atomic E-state index is 0.324. The third-order valence-corrected chi connectivity index (χ3v) is 5.39. The molecule has 0 saturated carbocycles. The number of unbranched alkanes of at least 4 members (excludes halogenated alkanes) is 9.